The molecule has 0 radical (unpaired) electrons. The Kier molecular flexibility index (Phi) is 10.6. The van der Waals surface area contributed by atoms with E-state index in [1.165, 1.54) is 27.8 Å². The first-order valence-electron chi connectivity index (χ1n) is 16.6. The number of ether oxygens (including phenoxy) is 1. The normalized spacial score (nSPS) is 12.0. The van der Waals surface area contributed by atoms with Crippen LogP contribution in [0.15, 0.2) is 60.7 Å². The molecule has 4 rings (SSSR count). The highest BCUT2D eigenvalue weighted by molar-refractivity contribution is 5.94. The number of amides is 1. The second kappa shape index (κ2) is 14.1. The number of nitrogens with one attached hydrogen (secondary N) is 1. The third kappa shape index (κ3) is 7.87. The molecule has 45 heavy (non-hydrogen) atoms. The van der Waals surface area contributed by atoms with Gasteiger partial charge >= 0.3 is 0 Å². The number of hydrogen-bond acceptors (Lipinski definition) is 3. The van der Waals surface area contributed by atoms with E-state index in [0.29, 0.717) is 18.8 Å². The average molecular weight is 608 g/mol. The van der Waals surface area contributed by atoms with E-state index in [2.05, 4.69) is 123 Å². The summed E-state index contributed by atoms with van der Waals surface area (Å²) in [6.45, 7) is 23.2. The zero-order valence-electron chi connectivity index (χ0n) is 29.2. The molecule has 1 heterocycles. The third-order valence-corrected chi connectivity index (χ3v) is 9.70. The van der Waals surface area contributed by atoms with Crippen LogP contribution >= 0.6 is 0 Å². The summed E-state index contributed by atoms with van der Waals surface area (Å²) in [5, 5.41) is 8.07. The van der Waals surface area contributed by atoms with Crippen LogP contribution in [0.2, 0.25) is 0 Å². The highest BCUT2D eigenvalue weighted by Gasteiger charge is 2.26. The molecule has 0 unspecified atom stereocenters. The Balaban J connectivity index is 1.44. The molecule has 0 spiro atoms. The molecular weight excluding hydrogens is 554 g/mol. The van der Waals surface area contributed by atoms with Gasteiger partial charge in [0.2, 0.25) is 0 Å². The molecule has 0 aliphatic heterocycles. The van der Waals surface area contributed by atoms with Gasteiger partial charge in [-0.15, -0.1) is 0 Å². The number of rotatable bonds is 13. The summed E-state index contributed by atoms with van der Waals surface area (Å²) in [6.07, 6.45) is 3.79. The van der Waals surface area contributed by atoms with Crippen LogP contribution in [0.1, 0.15) is 111 Å². The van der Waals surface area contributed by atoms with Crippen molar-refractivity contribution in [3.63, 3.8) is 0 Å². The first-order valence-corrected chi connectivity index (χ1v) is 16.6. The summed E-state index contributed by atoms with van der Waals surface area (Å²) in [6, 6.07) is 21.2. The maximum Gasteiger partial charge on any atom is 0.270 e. The summed E-state index contributed by atoms with van der Waals surface area (Å²) in [4.78, 5) is 13.6. The van der Waals surface area contributed by atoms with Gasteiger partial charge in [-0.05, 0) is 111 Å². The van der Waals surface area contributed by atoms with Gasteiger partial charge in [-0.3, -0.25) is 4.79 Å². The molecule has 3 aromatic carbocycles. The van der Waals surface area contributed by atoms with E-state index in [1.807, 2.05) is 12.1 Å². The lowest BCUT2D eigenvalue weighted by atomic mass is 9.76. The molecule has 1 aromatic heterocycles. The molecule has 4 aromatic rings. The van der Waals surface area contributed by atoms with Crippen LogP contribution in [0.25, 0.3) is 16.9 Å². The maximum atomic E-state index is 13.6. The van der Waals surface area contributed by atoms with Crippen LogP contribution < -0.4 is 10.1 Å². The van der Waals surface area contributed by atoms with E-state index in [1.54, 1.807) is 4.68 Å². The Bertz CT molecular complexity index is 1640. The minimum Gasteiger partial charge on any atom is -0.493 e. The van der Waals surface area contributed by atoms with Gasteiger partial charge < -0.3 is 10.1 Å². The van der Waals surface area contributed by atoms with E-state index < -0.39 is 0 Å². The monoisotopic (exact) mass is 607 g/mol. The molecule has 0 saturated heterocycles. The highest BCUT2D eigenvalue weighted by atomic mass is 16.5. The number of aryl methyl sites for hydroxylation is 4. The molecule has 0 fully saturated rings. The molecule has 240 valence electrons. The number of carbonyl (C=O) groups is 1. The van der Waals surface area contributed by atoms with Crippen molar-refractivity contribution in [3.8, 4) is 22.7 Å². The molecule has 5 heteroatoms. The average Bonchev–Trinajstić information content (AvgIpc) is 3.45. The lowest BCUT2D eigenvalue weighted by molar-refractivity contribution is 0.0944. The van der Waals surface area contributed by atoms with Crippen LogP contribution in [0, 0.1) is 27.7 Å². The first-order chi connectivity index (χ1) is 21.3. The van der Waals surface area contributed by atoms with Gasteiger partial charge in [-0.25, -0.2) is 4.68 Å². The van der Waals surface area contributed by atoms with Crippen LogP contribution in [0.5, 0.6) is 5.75 Å². The van der Waals surface area contributed by atoms with Crippen LogP contribution in [-0.4, -0.2) is 28.8 Å². The summed E-state index contributed by atoms with van der Waals surface area (Å²) in [5.41, 5.74) is 10.7. The van der Waals surface area contributed by atoms with Crippen molar-refractivity contribution in [2.24, 2.45) is 0 Å². The lowest BCUT2D eigenvalue weighted by Crippen LogP contribution is -2.27. The van der Waals surface area contributed by atoms with Gasteiger partial charge in [-0.1, -0.05) is 83.5 Å². The Morgan fingerprint density at radius 2 is 1.53 bits per heavy atom. The van der Waals surface area contributed by atoms with Crippen molar-refractivity contribution in [1.82, 2.24) is 15.1 Å². The maximum absolute atomic E-state index is 13.6. The predicted molar refractivity (Wildman–Crippen MR) is 188 cm³/mol. The standard InChI is InChI=1S/C40H53N3O2/c1-11-39(7,8)32-18-20-37(33(25-32)40(9,10)12-2)45-22-14-13-21-41-38(44)36-26-34(31-17-16-28(4)29(5)24-31)42-43(36)35-19-15-27(3)23-30(35)6/h15-20,23-26H,11-14,21-22H2,1-10H3,(H,41,44). The molecule has 0 saturated carbocycles. The van der Waals surface area contributed by atoms with Gasteiger partial charge in [-0.2, -0.15) is 5.10 Å². The van der Waals surface area contributed by atoms with Gasteiger partial charge in [0.1, 0.15) is 11.4 Å². The fourth-order valence-electron chi connectivity index (χ4n) is 5.51. The number of unbranched alkanes of at least 4 members (excludes halogenated alkanes) is 1. The van der Waals surface area contributed by atoms with Crippen molar-refractivity contribution in [3.05, 3.63) is 99.7 Å². The van der Waals surface area contributed by atoms with E-state index in [9.17, 15) is 4.79 Å². The molecule has 1 amide bonds. The molecule has 5 nitrogen and oxygen atoms in total. The second-order valence-corrected chi connectivity index (χ2v) is 13.9. The summed E-state index contributed by atoms with van der Waals surface area (Å²) in [5.74, 6) is 0.845. The van der Waals surface area contributed by atoms with Crippen molar-refractivity contribution in [2.45, 2.75) is 106 Å². The zero-order chi connectivity index (χ0) is 32.9. The number of carbonyl (C=O) groups excluding carboxylic acids is 1. The van der Waals surface area contributed by atoms with Crippen LogP contribution in [-0.2, 0) is 10.8 Å². The minimum atomic E-state index is -0.125. The summed E-state index contributed by atoms with van der Waals surface area (Å²) >= 11 is 0. The van der Waals surface area contributed by atoms with Gasteiger partial charge in [0.15, 0.2) is 0 Å². The van der Waals surface area contributed by atoms with E-state index in [0.717, 1.165) is 53.9 Å². The van der Waals surface area contributed by atoms with Crippen LogP contribution in [0.3, 0.4) is 0 Å². The fourth-order valence-corrected chi connectivity index (χ4v) is 5.51. The smallest absolute Gasteiger partial charge is 0.270 e. The molecule has 0 atom stereocenters. The number of benzene rings is 3. The zero-order valence-corrected chi connectivity index (χ0v) is 29.2. The molecule has 1 N–H and O–H groups in total. The summed E-state index contributed by atoms with van der Waals surface area (Å²) < 4.78 is 8.15. The summed E-state index contributed by atoms with van der Waals surface area (Å²) in [7, 11) is 0. The number of aromatic nitrogens is 2. The SMILES string of the molecule is CCC(C)(C)c1ccc(OCCCCNC(=O)c2cc(-c3ccc(C)c(C)c3)nn2-c2ccc(C)cc2C)c(C(C)(C)CC)c1. The predicted octanol–water partition coefficient (Wildman–Crippen LogP) is 9.74. The fraction of sp³-hybridized carbons (Fsp3) is 0.450. The van der Waals surface area contributed by atoms with Crippen molar-refractivity contribution in [2.75, 3.05) is 13.2 Å². The van der Waals surface area contributed by atoms with Crippen molar-refractivity contribution in [1.29, 1.82) is 0 Å². The van der Waals surface area contributed by atoms with Gasteiger partial charge in [0.25, 0.3) is 5.91 Å². The number of nitrogens with zero attached hydrogens (tertiary/aromatic N) is 2. The Morgan fingerprint density at radius 3 is 2.20 bits per heavy atom. The van der Waals surface area contributed by atoms with Crippen molar-refractivity contribution < 1.29 is 9.53 Å². The van der Waals surface area contributed by atoms with E-state index in [4.69, 9.17) is 9.84 Å². The van der Waals surface area contributed by atoms with Gasteiger partial charge in [0, 0.05) is 17.7 Å². The van der Waals surface area contributed by atoms with Crippen molar-refractivity contribution >= 4 is 5.91 Å². The first kappa shape index (κ1) is 34.0. The molecule has 0 aliphatic rings. The minimum absolute atomic E-state index is 0.0258. The quantitative estimate of drug-likeness (QED) is 0.154. The second-order valence-electron chi connectivity index (χ2n) is 13.9. The Morgan fingerprint density at radius 1 is 0.800 bits per heavy atom. The van der Waals surface area contributed by atoms with E-state index in [-0.39, 0.29) is 16.7 Å². The molecular formula is C40H53N3O2. The van der Waals surface area contributed by atoms with Gasteiger partial charge in [0.05, 0.1) is 18.0 Å². The van der Waals surface area contributed by atoms with E-state index >= 15 is 0 Å². The third-order valence-electron chi connectivity index (χ3n) is 9.70. The topological polar surface area (TPSA) is 56.1 Å². The number of hydrogen-bond donors (Lipinski definition) is 1. The Labute approximate surface area is 271 Å². The Hall–Kier alpha value is -3.86. The van der Waals surface area contributed by atoms with Crippen LogP contribution in [0.4, 0.5) is 0 Å². The largest absolute Gasteiger partial charge is 0.493 e. The molecule has 0 aliphatic carbocycles. The highest BCUT2D eigenvalue weighted by Crippen LogP contribution is 2.38. The lowest BCUT2D eigenvalue weighted by Gasteiger charge is -2.30. The molecule has 0 bridgehead atoms.